The Bertz CT molecular complexity index is 653. The molecule has 1 aliphatic carbocycles. The van der Waals surface area contributed by atoms with Gasteiger partial charge in [-0.2, -0.15) is 0 Å². The lowest BCUT2D eigenvalue weighted by molar-refractivity contribution is -0.119. The Kier molecular flexibility index (Phi) is 3.92. The van der Waals surface area contributed by atoms with E-state index in [1.165, 1.54) is 12.5 Å². The smallest absolute Gasteiger partial charge is 0.414 e. The number of anilines is 1. The molecule has 2 saturated heterocycles. The van der Waals surface area contributed by atoms with E-state index in [-0.39, 0.29) is 18.1 Å². The fraction of sp³-hybridized carbons (Fsp3) is 0.529. The van der Waals surface area contributed by atoms with Gasteiger partial charge in [0.2, 0.25) is 5.91 Å². The van der Waals surface area contributed by atoms with E-state index in [1.54, 1.807) is 4.90 Å². The topological polar surface area (TPSA) is 81.7 Å². The number of cyclic esters (lactones) is 1. The van der Waals surface area contributed by atoms with E-state index in [2.05, 4.69) is 17.4 Å². The van der Waals surface area contributed by atoms with Crippen LogP contribution in [0, 0.1) is 11.8 Å². The number of nitrogens with zero attached hydrogens (tertiary/aromatic N) is 1. The predicted molar refractivity (Wildman–Crippen MR) is 90.3 cm³/mol. The van der Waals surface area contributed by atoms with Crippen LogP contribution in [0.25, 0.3) is 0 Å². The van der Waals surface area contributed by atoms with Crippen molar-refractivity contribution in [3.8, 4) is 0 Å². The minimum Gasteiger partial charge on any atom is -0.616 e. The maximum atomic E-state index is 12.0. The lowest BCUT2D eigenvalue weighted by atomic mass is 10.1. The van der Waals surface area contributed by atoms with Crippen molar-refractivity contribution in [2.45, 2.75) is 18.9 Å². The van der Waals surface area contributed by atoms with E-state index in [0.717, 1.165) is 17.2 Å². The molecule has 1 N–H and O–H groups in total. The van der Waals surface area contributed by atoms with Gasteiger partial charge in [0.25, 0.3) is 0 Å². The SMILES string of the molecule is CC(=O)NC[C@H]1CN(c2ccc(C3[C@H]4C[S+]([O-])C[C@@H]34)cc2)C(=O)O1. The Morgan fingerprint density at radius 3 is 2.62 bits per heavy atom. The van der Waals surface area contributed by atoms with Crippen LogP contribution in [-0.2, 0) is 20.7 Å². The second-order valence-electron chi connectivity index (χ2n) is 6.77. The van der Waals surface area contributed by atoms with Crippen molar-refractivity contribution in [1.29, 1.82) is 0 Å². The zero-order valence-electron chi connectivity index (χ0n) is 13.4. The first-order valence-electron chi connectivity index (χ1n) is 8.20. The van der Waals surface area contributed by atoms with Crippen molar-refractivity contribution in [2.75, 3.05) is 29.5 Å². The van der Waals surface area contributed by atoms with Gasteiger partial charge in [-0.05, 0) is 23.6 Å². The molecule has 0 aromatic heterocycles. The highest BCUT2D eigenvalue weighted by Gasteiger charge is 2.59. The zero-order chi connectivity index (χ0) is 16.8. The molecule has 2 amide bonds. The van der Waals surface area contributed by atoms with Crippen molar-refractivity contribution in [2.24, 2.45) is 11.8 Å². The van der Waals surface area contributed by atoms with Gasteiger partial charge in [0.05, 0.1) is 13.1 Å². The average Bonchev–Trinajstić information content (AvgIpc) is 2.89. The van der Waals surface area contributed by atoms with Gasteiger partial charge in [0.1, 0.15) is 17.6 Å². The molecule has 1 saturated carbocycles. The normalized spacial score (nSPS) is 34.0. The molecule has 1 aromatic rings. The van der Waals surface area contributed by atoms with Crippen molar-refractivity contribution >= 4 is 28.9 Å². The lowest BCUT2D eigenvalue weighted by Gasteiger charge is -2.14. The first kappa shape index (κ1) is 15.8. The number of benzene rings is 1. The van der Waals surface area contributed by atoms with Gasteiger partial charge in [0.15, 0.2) is 0 Å². The van der Waals surface area contributed by atoms with Gasteiger partial charge in [0, 0.05) is 24.4 Å². The molecule has 7 heteroatoms. The van der Waals surface area contributed by atoms with E-state index >= 15 is 0 Å². The number of nitrogens with one attached hydrogen (secondary N) is 1. The number of amides is 2. The summed E-state index contributed by atoms with van der Waals surface area (Å²) in [6, 6.07) is 8.02. The largest absolute Gasteiger partial charge is 0.616 e. The summed E-state index contributed by atoms with van der Waals surface area (Å²) in [6.45, 7) is 2.21. The number of hydrogen-bond donors (Lipinski definition) is 1. The molecule has 4 rings (SSSR count). The molecule has 128 valence electrons. The Balaban J connectivity index is 1.39. The van der Waals surface area contributed by atoms with Crippen LogP contribution >= 0.6 is 0 Å². The minimum atomic E-state index is -0.618. The van der Waals surface area contributed by atoms with Gasteiger partial charge in [-0.15, -0.1) is 0 Å². The minimum absolute atomic E-state index is 0.134. The van der Waals surface area contributed by atoms with Crippen LogP contribution in [0.15, 0.2) is 24.3 Å². The van der Waals surface area contributed by atoms with Gasteiger partial charge in [-0.25, -0.2) is 4.79 Å². The van der Waals surface area contributed by atoms with Crippen LogP contribution in [0.4, 0.5) is 10.5 Å². The van der Waals surface area contributed by atoms with Crippen molar-refractivity contribution in [3.05, 3.63) is 29.8 Å². The molecule has 6 nitrogen and oxygen atoms in total. The number of carbonyl (C=O) groups is 2. The highest BCUT2D eigenvalue weighted by Crippen LogP contribution is 2.59. The summed E-state index contributed by atoms with van der Waals surface area (Å²) >= 11 is -0.618. The molecule has 0 spiro atoms. The van der Waals surface area contributed by atoms with Crippen LogP contribution in [0.1, 0.15) is 18.4 Å². The average molecular weight is 348 g/mol. The molecule has 2 heterocycles. The highest BCUT2D eigenvalue weighted by atomic mass is 32.2. The third-order valence-corrected chi connectivity index (χ3v) is 6.64. The molecular weight excluding hydrogens is 328 g/mol. The molecule has 0 radical (unpaired) electrons. The zero-order valence-corrected chi connectivity index (χ0v) is 14.3. The van der Waals surface area contributed by atoms with E-state index in [1.807, 2.05) is 12.1 Å². The van der Waals surface area contributed by atoms with Gasteiger partial charge >= 0.3 is 6.09 Å². The second kappa shape index (κ2) is 5.97. The van der Waals surface area contributed by atoms with Crippen LogP contribution in [0.3, 0.4) is 0 Å². The summed E-state index contributed by atoms with van der Waals surface area (Å²) in [7, 11) is 0. The molecular formula is C17H20N2O4S. The third-order valence-electron chi connectivity index (χ3n) is 5.13. The van der Waals surface area contributed by atoms with E-state index in [0.29, 0.717) is 30.8 Å². The van der Waals surface area contributed by atoms with Crippen molar-refractivity contribution < 1.29 is 18.9 Å². The molecule has 5 atom stereocenters. The molecule has 2 aliphatic heterocycles. The number of hydrogen-bond acceptors (Lipinski definition) is 4. The van der Waals surface area contributed by atoms with Crippen molar-refractivity contribution in [1.82, 2.24) is 5.32 Å². The maximum Gasteiger partial charge on any atom is 0.414 e. The summed E-state index contributed by atoms with van der Waals surface area (Å²) < 4.78 is 16.8. The standard InChI is InChI=1S/C17H20N2O4S/c1-10(20)18-6-13-7-19(17(21)23-13)12-4-2-11(3-5-12)16-14-8-24(22)9-15(14)16/h2-5,13-16H,6-9H2,1H3,(H,18,20)/t13-,14-,15+,16?,24?/m0/s1. The predicted octanol–water partition coefficient (Wildman–Crippen LogP) is 1.24. The number of fused-ring (bicyclic) bond motifs is 1. The first-order chi connectivity index (χ1) is 11.5. The Morgan fingerprint density at radius 2 is 2.00 bits per heavy atom. The van der Waals surface area contributed by atoms with Crippen LogP contribution < -0.4 is 10.2 Å². The molecule has 3 fully saturated rings. The van der Waals surface area contributed by atoms with Crippen LogP contribution in [0.2, 0.25) is 0 Å². The monoisotopic (exact) mass is 348 g/mol. The van der Waals surface area contributed by atoms with E-state index < -0.39 is 11.2 Å². The fourth-order valence-corrected chi connectivity index (χ4v) is 5.77. The molecule has 24 heavy (non-hydrogen) atoms. The number of rotatable bonds is 4. The van der Waals surface area contributed by atoms with Crippen LogP contribution in [0.5, 0.6) is 0 Å². The summed E-state index contributed by atoms with van der Waals surface area (Å²) in [4.78, 5) is 24.6. The quantitative estimate of drug-likeness (QED) is 0.830. The summed E-state index contributed by atoms with van der Waals surface area (Å²) in [5, 5.41) is 2.67. The van der Waals surface area contributed by atoms with Gasteiger partial charge < -0.3 is 14.6 Å². The highest BCUT2D eigenvalue weighted by molar-refractivity contribution is 7.91. The second-order valence-corrected chi connectivity index (χ2v) is 8.32. The lowest BCUT2D eigenvalue weighted by Crippen LogP contribution is -2.33. The Morgan fingerprint density at radius 1 is 1.33 bits per heavy atom. The van der Waals surface area contributed by atoms with E-state index in [9.17, 15) is 14.1 Å². The molecule has 2 unspecified atom stereocenters. The summed E-state index contributed by atoms with van der Waals surface area (Å²) in [5.74, 6) is 3.23. The van der Waals surface area contributed by atoms with Crippen molar-refractivity contribution in [3.63, 3.8) is 0 Å². The maximum absolute atomic E-state index is 12.0. The third kappa shape index (κ3) is 2.86. The summed E-state index contributed by atoms with van der Waals surface area (Å²) in [5.41, 5.74) is 2.08. The Hall–Kier alpha value is -1.73. The van der Waals surface area contributed by atoms with E-state index in [4.69, 9.17) is 4.74 Å². The Labute approximate surface area is 143 Å². The fourth-order valence-electron chi connectivity index (χ4n) is 3.86. The first-order valence-corrected chi connectivity index (χ1v) is 9.69. The van der Waals surface area contributed by atoms with Gasteiger partial charge in [-0.1, -0.05) is 23.3 Å². The molecule has 1 aromatic carbocycles. The number of carbonyl (C=O) groups excluding carboxylic acids is 2. The summed E-state index contributed by atoms with van der Waals surface area (Å²) in [6.07, 6.45) is -0.698. The van der Waals surface area contributed by atoms with Crippen LogP contribution in [-0.4, -0.2) is 47.3 Å². The molecule has 3 aliphatic rings. The molecule has 0 bridgehead atoms. The number of ether oxygens (including phenoxy) is 1. The van der Waals surface area contributed by atoms with Gasteiger partial charge in [-0.3, -0.25) is 9.69 Å².